The molecule has 0 bridgehead atoms. The average molecular weight is 440 g/mol. The molecule has 3 aromatic rings. The van der Waals surface area contributed by atoms with Gasteiger partial charge in [-0.2, -0.15) is 0 Å². The molecule has 9 heteroatoms. The number of morpholine rings is 1. The summed E-state index contributed by atoms with van der Waals surface area (Å²) in [5.41, 5.74) is 9.20. The first-order chi connectivity index (χ1) is 15.1. The van der Waals surface area contributed by atoms with Crippen LogP contribution >= 0.6 is 11.3 Å². The highest BCUT2D eigenvalue weighted by Gasteiger charge is 2.23. The minimum Gasteiger partial charge on any atom is -0.378 e. The zero-order valence-electron chi connectivity index (χ0n) is 17.4. The summed E-state index contributed by atoms with van der Waals surface area (Å²) in [6.07, 6.45) is 3.17. The van der Waals surface area contributed by atoms with Gasteiger partial charge in [-0.3, -0.25) is 20.4 Å². The third-order valence-electron chi connectivity index (χ3n) is 6.01. The smallest absolute Gasteiger partial charge is 0.289 e. The molecule has 5 rings (SSSR count). The van der Waals surface area contributed by atoms with E-state index in [1.807, 2.05) is 6.07 Å². The van der Waals surface area contributed by atoms with Gasteiger partial charge in [0.05, 0.1) is 24.3 Å². The van der Waals surface area contributed by atoms with Gasteiger partial charge in [-0.25, -0.2) is 4.98 Å². The van der Waals surface area contributed by atoms with Crippen molar-refractivity contribution >= 4 is 39.2 Å². The number of nitrogens with zero attached hydrogens (tertiary/aromatic N) is 2. The monoisotopic (exact) mass is 439 g/mol. The molecule has 1 atom stereocenters. The van der Waals surface area contributed by atoms with E-state index in [1.54, 1.807) is 11.4 Å². The summed E-state index contributed by atoms with van der Waals surface area (Å²) in [5, 5.41) is 3.58. The van der Waals surface area contributed by atoms with Crippen LogP contribution in [0.5, 0.6) is 0 Å². The second-order valence-corrected chi connectivity index (χ2v) is 9.02. The molecule has 0 radical (unpaired) electrons. The van der Waals surface area contributed by atoms with E-state index < -0.39 is 5.91 Å². The summed E-state index contributed by atoms with van der Waals surface area (Å²) in [6.45, 7) is 5.09. The molecule has 162 valence electrons. The molecule has 0 saturated carbocycles. The summed E-state index contributed by atoms with van der Waals surface area (Å²) < 4.78 is 5.35. The van der Waals surface area contributed by atoms with Crippen LogP contribution in [0.4, 0.5) is 5.13 Å². The molecule has 2 amide bonds. The summed E-state index contributed by atoms with van der Waals surface area (Å²) >= 11 is 1.41. The molecule has 3 heterocycles. The van der Waals surface area contributed by atoms with E-state index in [-0.39, 0.29) is 11.6 Å². The maximum absolute atomic E-state index is 12.8. The van der Waals surface area contributed by atoms with E-state index in [0.29, 0.717) is 24.7 Å². The highest BCUT2D eigenvalue weighted by Crippen LogP contribution is 2.33. The Morgan fingerprint density at radius 1 is 1.23 bits per heavy atom. The minimum atomic E-state index is -0.434. The number of hydrogen-bond acceptors (Lipinski definition) is 6. The lowest BCUT2D eigenvalue weighted by atomic mass is 9.87. The lowest BCUT2D eigenvalue weighted by molar-refractivity contribution is 0.0845. The van der Waals surface area contributed by atoms with E-state index in [9.17, 15) is 9.59 Å². The van der Waals surface area contributed by atoms with Crippen molar-refractivity contribution in [3.05, 3.63) is 46.1 Å². The predicted molar refractivity (Wildman–Crippen MR) is 120 cm³/mol. The van der Waals surface area contributed by atoms with Crippen molar-refractivity contribution in [2.45, 2.75) is 26.2 Å². The van der Waals surface area contributed by atoms with Crippen LogP contribution in [0.2, 0.25) is 0 Å². The van der Waals surface area contributed by atoms with Gasteiger partial charge in [-0.15, -0.1) is 11.3 Å². The standard InChI is InChI=1S/C22H25N5O3S/c1-13-5-6-17-16(11-13)14-3-2-4-15(19(14)23-17)20(28)25-26-21(29)18-12-31-22(24-18)27-7-9-30-10-8-27/h2-4,12-13,23H,5-11H2,1H3,(H,25,28)(H,26,29). The van der Waals surface area contributed by atoms with Crippen molar-refractivity contribution in [2.75, 3.05) is 31.2 Å². The Balaban J connectivity index is 1.28. The van der Waals surface area contributed by atoms with E-state index >= 15 is 0 Å². The van der Waals surface area contributed by atoms with Crippen LogP contribution < -0.4 is 15.8 Å². The number of nitrogens with one attached hydrogen (secondary N) is 3. The summed E-state index contributed by atoms with van der Waals surface area (Å²) in [5.74, 6) is -0.145. The number of aryl methyl sites for hydroxylation is 1. The van der Waals surface area contributed by atoms with Gasteiger partial charge >= 0.3 is 0 Å². The fraction of sp³-hybridized carbons (Fsp3) is 0.409. The normalized spacial score (nSPS) is 18.6. The van der Waals surface area contributed by atoms with Gasteiger partial charge < -0.3 is 14.6 Å². The lowest BCUT2D eigenvalue weighted by Crippen LogP contribution is -2.42. The van der Waals surface area contributed by atoms with Gasteiger partial charge in [0.15, 0.2) is 5.13 Å². The van der Waals surface area contributed by atoms with Crippen molar-refractivity contribution in [1.82, 2.24) is 20.8 Å². The maximum atomic E-state index is 12.8. The number of H-pyrrole nitrogens is 1. The predicted octanol–water partition coefficient (Wildman–Crippen LogP) is 2.66. The van der Waals surface area contributed by atoms with Crippen LogP contribution in [0.15, 0.2) is 23.6 Å². The number of amides is 2. The molecule has 31 heavy (non-hydrogen) atoms. The van der Waals surface area contributed by atoms with Crippen LogP contribution in [0.3, 0.4) is 0 Å². The van der Waals surface area contributed by atoms with E-state index in [4.69, 9.17) is 4.74 Å². The van der Waals surface area contributed by atoms with Gasteiger partial charge in [0.2, 0.25) is 0 Å². The number of benzene rings is 1. The maximum Gasteiger partial charge on any atom is 0.289 e. The molecule has 1 aliphatic carbocycles. The fourth-order valence-electron chi connectivity index (χ4n) is 4.32. The zero-order chi connectivity index (χ0) is 21.4. The first-order valence-electron chi connectivity index (χ1n) is 10.6. The van der Waals surface area contributed by atoms with Crippen LogP contribution in [-0.4, -0.2) is 48.1 Å². The van der Waals surface area contributed by atoms with Crippen molar-refractivity contribution in [3.63, 3.8) is 0 Å². The van der Waals surface area contributed by atoms with Gasteiger partial charge in [0.1, 0.15) is 5.69 Å². The van der Waals surface area contributed by atoms with Gasteiger partial charge in [-0.05, 0) is 36.8 Å². The third kappa shape index (κ3) is 3.90. The van der Waals surface area contributed by atoms with E-state index in [2.05, 4.69) is 38.7 Å². The number of thiazole rings is 1. The Morgan fingerprint density at radius 2 is 2.03 bits per heavy atom. The number of aromatic amines is 1. The van der Waals surface area contributed by atoms with Crippen LogP contribution in [0.25, 0.3) is 10.9 Å². The molecule has 0 spiro atoms. The van der Waals surface area contributed by atoms with Gasteiger partial charge in [0, 0.05) is 29.5 Å². The number of fused-ring (bicyclic) bond motifs is 3. The first kappa shape index (κ1) is 20.0. The summed E-state index contributed by atoms with van der Waals surface area (Å²) in [4.78, 5) is 35.3. The number of hydrogen-bond donors (Lipinski definition) is 3. The second-order valence-electron chi connectivity index (χ2n) is 8.18. The van der Waals surface area contributed by atoms with Crippen molar-refractivity contribution < 1.29 is 14.3 Å². The molecular weight excluding hydrogens is 414 g/mol. The Kier molecular flexibility index (Phi) is 5.37. The number of anilines is 1. The number of carbonyl (C=O) groups is 2. The topological polar surface area (TPSA) is 99.4 Å². The number of carbonyl (C=O) groups excluding carboxylic acids is 2. The number of hydrazine groups is 1. The molecule has 1 unspecified atom stereocenters. The highest BCUT2D eigenvalue weighted by atomic mass is 32.1. The van der Waals surface area contributed by atoms with Crippen molar-refractivity contribution in [3.8, 4) is 0 Å². The molecular formula is C22H25N5O3S. The first-order valence-corrected chi connectivity index (χ1v) is 11.5. The van der Waals surface area contributed by atoms with Gasteiger partial charge in [-0.1, -0.05) is 19.1 Å². The molecule has 3 N–H and O–H groups in total. The number of para-hydroxylation sites is 1. The third-order valence-corrected chi connectivity index (χ3v) is 6.91. The lowest BCUT2D eigenvalue weighted by Gasteiger charge is -2.25. The van der Waals surface area contributed by atoms with Crippen LogP contribution in [-0.2, 0) is 17.6 Å². The average Bonchev–Trinajstić information content (AvgIpc) is 3.43. The van der Waals surface area contributed by atoms with Crippen LogP contribution in [0.1, 0.15) is 45.4 Å². The van der Waals surface area contributed by atoms with Crippen LogP contribution in [0, 0.1) is 5.92 Å². The summed E-state index contributed by atoms with van der Waals surface area (Å²) in [7, 11) is 0. The Morgan fingerprint density at radius 3 is 2.87 bits per heavy atom. The second kappa shape index (κ2) is 8.32. The zero-order valence-corrected chi connectivity index (χ0v) is 18.2. The van der Waals surface area contributed by atoms with Gasteiger partial charge in [0.25, 0.3) is 11.8 Å². The molecule has 2 aromatic heterocycles. The fourth-order valence-corrected chi connectivity index (χ4v) is 5.18. The largest absolute Gasteiger partial charge is 0.378 e. The molecule has 1 fully saturated rings. The van der Waals surface area contributed by atoms with Crippen molar-refractivity contribution in [2.24, 2.45) is 5.92 Å². The SMILES string of the molecule is CC1CCc2[nH]c3c(C(=O)NNC(=O)c4csc(N5CCOCC5)n4)cccc3c2C1. The van der Waals surface area contributed by atoms with E-state index in [0.717, 1.165) is 48.4 Å². The number of aromatic nitrogens is 2. The molecule has 1 aromatic carbocycles. The Labute approximate surface area is 184 Å². The molecule has 1 aliphatic heterocycles. The minimum absolute atomic E-state index is 0.286. The number of rotatable bonds is 3. The number of ether oxygens (including phenoxy) is 1. The molecule has 8 nitrogen and oxygen atoms in total. The van der Waals surface area contributed by atoms with E-state index in [1.165, 1.54) is 22.6 Å². The quantitative estimate of drug-likeness (QED) is 0.545. The Hall–Kier alpha value is -2.91. The molecule has 1 saturated heterocycles. The molecule has 2 aliphatic rings. The highest BCUT2D eigenvalue weighted by molar-refractivity contribution is 7.13. The Bertz CT molecular complexity index is 1130. The summed E-state index contributed by atoms with van der Waals surface area (Å²) in [6, 6.07) is 5.72. The van der Waals surface area contributed by atoms with Crippen molar-refractivity contribution in [1.29, 1.82) is 0 Å².